The molecule has 3 N–H and O–H groups in total. The van der Waals surface area contributed by atoms with Crippen LogP contribution >= 0.6 is 0 Å². The van der Waals surface area contributed by atoms with E-state index in [2.05, 4.69) is 22.0 Å². The summed E-state index contributed by atoms with van der Waals surface area (Å²) in [5, 5.41) is 8.30. The van der Waals surface area contributed by atoms with E-state index in [-0.39, 0.29) is 11.9 Å². The maximum atomic E-state index is 12.1. The molecule has 0 aliphatic heterocycles. The van der Waals surface area contributed by atoms with Crippen LogP contribution < -0.4 is 16.0 Å². The molecule has 0 atom stereocenters. The van der Waals surface area contributed by atoms with E-state index in [1.807, 2.05) is 12.1 Å². The van der Waals surface area contributed by atoms with E-state index in [4.69, 9.17) is 0 Å². The average Bonchev–Trinajstić information content (AvgIpc) is 2.96. The van der Waals surface area contributed by atoms with Gasteiger partial charge in [-0.25, -0.2) is 4.79 Å². The molecule has 0 spiro atoms. The van der Waals surface area contributed by atoms with Gasteiger partial charge in [0.15, 0.2) is 0 Å². The number of hydrogen-bond donors (Lipinski definition) is 3. The molecular formula is C18H19N3O2. The molecule has 0 heterocycles. The monoisotopic (exact) mass is 309 g/mol. The first-order chi connectivity index (χ1) is 11.1. The Morgan fingerprint density at radius 1 is 0.783 bits per heavy atom. The fourth-order valence-corrected chi connectivity index (χ4v) is 2.78. The van der Waals surface area contributed by atoms with E-state index in [0.717, 1.165) is 18.5 Å². The number of carbonyl (C=O) groups excluding carboxylic acids is 2. The van der Waals surface area contributed by atoms with Crippen LogP contribution in [0.1, 0.15) is 24.5 Å². The van der Waals surface area contributed by atoms with E-state index < -0.39 is 0 Å². The first-order valence-electron chi connectivity index (χ1n) is 7.67. The summed E-state index contributed by atoms with van der Waals surface area (Å²) >= 11 is 0. The van der Waals surface area contributed by atoms with Crippen molar-refractivity contribution < 1.29 is 9.59 Å². The van der Waals surface area contributed by atoms with Crippen molar-refractivity contribution in [3.63, 3.8) is 0 Å². The van der Waals surface area contributed by atoms with Gasteiger partial charge in [-0.05, 0) is 66.8 Å². The number of nitrogens with one attached hydrogen (secondary N) is 3. The van der Waals surface area contributed by atoms with E-state index in [9.17, 15) is 9.59 Å². The number of amides is 3. The minimum absolute atomic E-state index is 0.125. The molecule has 23 heavy (non-hydrogen) atoms. The lowest BCUT2D eigenvalue weighted by Gasteiger charge is -2.10. The Bertz CT molecular complexity index is 738. The number of aryl methyl sites for hydroxylation is 2. The lowest BCUT2D eigenvalue weighted by atomic mass is 10.1. The van der Waals surface area contributed by atoms with Crippen molar-refractivity contribution in [2.45, 2.75) is 26.2 Å². The maximum Gasteiger partial charge on any atom is 0.323 e. The van der Waals surface area contributed by atoms with Gasteiger partial charge in [0.2, 0.25) is 5.91 Å². The Labute approximate surface area is 135 Å². The fraction of sp³-hybridized carbons (Fsp3) is 0.222. The predicted molar refractivity (Wildman–Crippen MR) is 91.9 cm³/mol. The Hall–Kier alpha value is -2.82. The summed E-state index contributed by atoms with van der Waals surface area (Å²) in [6.07, 6.45) is 3.39. The van der Waals surface area contributed by atoms with Crippen LogP contribution in [0.5, 0.6) is 0 Å². The van der Waals surface area contributed by atoms with Gasteiger partial charge in [0.1, 0.15) is 0 Å². The largest absolute Gasteiger partial charge is 0.326 e. The molecule has 2 aromatic rings. The van der Waals surface area contributed by atoms with Crippen LogP contribution in [-0.4, -0.2) is 11.9 Å². The van der Waals surface area contributed by atoms with Crippen LogP contribution in [0.15, 0.2) is 42.5 Å². The third-order valence-corrected chi connectivity index (χ3v) is 3.82. The molecule has 5 nitrogen and oxygen atoms in total. The summed E-state index contributed by atoms with van der Waals surface area (Å²) in [4.78, 5) is 23.0. The van der Waals surface area contributed by atoms with Crippen molar-refractivity contribution in [3.05, 3.63) is 53.6 Å². The van der Waals surface area contributed by atoms with Gasteiger partial charge >= 0.3 is 6.03 Å². The summed E-state index contributed by atoms with van der Waals surface area (Å²) in [7, 11) is 0. The van der Waals surface area contributed by atoms with Gasteiger partial charge in [-0.1, -0.05) is 6.07 Å². The van der Waals surface area contributed by atoms with Gasteiger partial charge in [-0.2, -0.15) is 0 Å². The number of anilines is 3. The molecule has 118 valence electrons. The fourth-order valence-electron chi connectivity index (χ4n) is 2.78. The average molecular weight is 309 g/mol. The van der Waals surface area contributed by atoms with Crippen LogP contribution in [0.4, 0.5) is 21.9 Å². The van der Waals surface area contributed by atoms with Crippen molar-refractivity contribution in [1.82, 2.24) is 0 Å². The SMILES string of the molecule is CC(=O)Nc1ccc(NC(=O)Nc2ccc3c(c2)CCC3)cc1. The summed E-state index contributed by atoms with van der Waals surface area (Å²) < 4.78 is 0. The Kier molecular flexibility index (Phi) is 4.28. The van der Waals surface area contributed by atoms with Crippen LogP contribution in [0.3, 0.4) is 0 Å². The van der Waals surface area contributed by atoms with Crippen molar-refractivity contribution in [3.8, 4) is 0 Å². The molecule has 0 radical (unpaired) electrons. The van der Waals surface area contributed by atoms with Crippen molar-refractivity contribution in [2.75, 3.05) is 16.0 Å². The highest BCUT2D eigenvalue weighted by molar-refractivity contribution is 6.00. The van der Waals surface area contributed by atoms with Crippen LogP contribution in [-0.2, 0) is 17.6 Å². The zero-order valence-corrected chi connectivity index (χ0v) is 13.0. The van der Waals surface area contributed by atoms with Crippen LogP contribution in [0.2, 0.25) is 0 Å². The first kappa shape index (κ1) is 15.1. The number of rotatable bonds is 3. The Morgan fingerprint density at radius 2 is 1.35 bits per heavy atom. The summed E-state index contributed by atoms with van der Waals surface area (Å²) in [6.45, 7) is 1.45. The molecule has 0 saturated carbocycles. The van der Waals surface area contributed by atoms with Crippen molar-refractivity contribution in [1.29, 1.82) is 0 Å². The van der Waals surface area contributed by atoms with Crippen LogP contribution in [0, 0.1) is 0 Å². The molecule has 0 fully saturated rings. The van der Waals surface area contributed by atoms with Crippen LogP contribution in [0.25, 0.3) is 0 Å². The molecule has 3 rings (SSSR count). The predicted octanol–water partition coefficient (Wildman–Crippen LogP) is 3.78. The zero-order valence-electron chi connectivity index (χ0n) is 13.0. The standard InChI is InChI=1S/C18H19N3O2/c1-12(22)19-15-7-9-16(10-8-15)20-18(23)21-17-6-5-13-3-2-4-14(13)11-17/h5-11H,2-4H2,1H3,(H,19,22)(H2,20,21,23). The van der Waals surface area contributed by atoms with E-state index >= 15 is 0 Å². The van der Waals surface area contributed by atoms with Gasteiger partial charge < -0.3 is 16.0 Å². The van der Waals surface area contributed by atoms with Gasteiger partial charge in [0.05, 0.1) is 0 Å². The molecule has 0 bridgehead atoms. The first-order valence-corrected chi connectivity index (χ1v) is 7.67. The summed E-state index contributed by atoms with van der Waals surface area (Å²) in [5.41, 5.74) is 4.87. The second-order valence-electron chi connectivity index (χ2n) is 5.67. The highest BCUT2D eigenvalue weighted by Gasteiger charge is 2.11. The molecule has 2 aromatic carbocycles. The normalized spacial score (nSPS) is 12.4. The maximum absolute atomic E-state index is 12.1. The van der Waals surface area contributed by atoms with Gasteiger partial charge in [-0.3, -0.25) is 4.79 Å². The van der Waals surface area contributed by atoms with E-state index in [0.29, 0.717) is 11.4 Å². The number of benzene rings is 2. The third-order valence-electron chi connectivity index (χ3n) is 3.82. The number of fused-ring (bicyclic) bond motifs is 1. The number of urea groups is 1. The lowest BCUT2D eigenvalue weighted by Crippen LogP contribution is -2.19. The molecule has 5 heteroatoms. The third kappa shape index (κ3) is 3.88. The van der Waals surface area contributed by atoms with Gasteiger partial charge in [0.25, 0.3) is 0 Å². The minimum atomic E-state index is -0.282. The lowest BCUT2D eigenvalue weighted by molar-refractivity contribution is -0.114. The van der Waals surface area contributed by atoms with Gasteiger partial charge in [-0.15, -0.1) is 0 Å². The molecule has 0 aromatic heterocycles. The van der Waals surface area contributed by atoms with E-state index in [1.54, 1.807) is 24.3 Å². The summed E-state index contributed by atoms with van der Waals surface area (Å²) in [5.74, 6) is -0.125. The smallest absolute Gasteiger partial charge is 0.323 e. The van der Waals surface area contributed by atoms with Gasteiger partial charge in [0, 0.05) is 24.0 Å². The molecular weight excluding hydrogens is 290 g/mol. The molecule has 3 amide bonds. The summed E-state index contributed by atoms with van der Waals surface area (Å²) in [6, 6.07) is 12.8. The highest BCUT2D eigenvalue weighted by Crippen LogP contribution is 2.25. The molecule has 1 aliphatic rings. The second-order valence-corrected chi connectivity index (χ2v) is 5.67. The van der Waals surface area contributed by atoms with Crippen molar-refractivity contribution in [2.24, 2.45) is 0 Å². The molecule has 0 saturated heterocycles. The Morgan fingerprint density at radius 3 is 2.04 bits per heavy atom. The second kappa shape index (κ2) is 6.52. The van der Waals surface area contributed by atoms with E-state index in [1.165, 1.54) is 24.5 Å². The quantitative estimate of drug-likeness (QED) is 0.807. The highest BCUT2D eigenvalue weighted by atomic mass is 16.2. The topological polar surface area (TPSA) is 70.2 Å². The minimum Gasteiger partial charge on any atom is -0.326 e. The Balaban J connectivity index is 1.59. The molecule has 0 unspecified atom stereocenters. The molecule has 1 aliphatic carbocycles. The zero-order chi connectivity index (χ0) is 16.2. The van der Waals surface area contributed by atoms with Crippen molar-refractivity contribution >= 4 is 29.0 Å². The number of hydrogen-bond acceptors (Lipinski definition) is 2. The number of carbonyl (C=O) groups is 2.